The monoisotopic (exact) mass is 985 g/mol. The van der Waals surface area contributed by atoms with E-state index in [0.717, 1.165) is 0 Å². The van der Waals surface area contributed by atoms with Crippen LogP contribution in [0.5, 0.6) is 0 Å². The SMILES string of the molecule is O=P([O-])([O-])[O-].O=P([O-])([O-])[O-].O=P([O-])([O-])[O-].O=P([O-])([O-])[O-].O=P([O-])([O-])[O-].O=P([O-])([O-])[O-].[Ca+2].[Ca+2].[Ca+2].[Ca+2].[Ca+2].[Ca+2].[Ca+2].[Ca+2].[Ca+2].[O]=[Ca]. The summed E-state index contributed by atoms with van der Waals surface area (Å²) in [6, 6.07) is 0. The van der Waals surface area contributed by atoms with Crippen molar-refractivity contribution in [3.63, 3.8) is 0 Å². The van der Waals surface area contributed by atoms with Crippen molar-refractivity contribution in [2.75, 3.05) is 0 Å². The number of rotatable bonds is 0. The van der Waals surface area contributed by atoms with Crippen LogP contribution in [0.1, 0.15) is 0 Å². The number of hydrogen-bond acceptors (Lipinski definition) is 25. The van der Waals surface area contributed by atoms with Gasteiger partial charge in [0.2, 0.25) is 0 Å². The molecule has 0 aromatic heterocycles. The Hall–Kier alpha value is 13.1. The van der Waals surface area contributed by atoms with Gasteiger partial charge in [-0.2, -0.15) is 46.9 Å². The predicted molar refractivity (Wildman–Crippen MR) is 104 cm³/mol. The molecule has 0 atom stereocenters. The third kappa shape index (κ3) is 811. The Morgan fingerprint density at radius 3 is 0.220 bits per heavy atom. The summed E-state index contributed by atoms with van der Waals surface area (Å²) in [6.07, 6.45) is 0. The van der Waals surface area contributed by atoms with Crippen LogP contribution < -0.4 is 88.1 Å². The molecule has 41 heteroatoms. The van der Waals surface area contributed by atoms with E-state index < -0.39 is 46.9 Å². The van der Waals surface area contributed by atoms with Crippen LogP contribution in [0, 0.1) is 0 Å². The molecule has 0 radical (unpaired) electrons. The second kappa shape index (κ2) is 59.7. The fourth-order valence-electron chi connectivity index (χ4n) is 0. The van der Waals surface area contributed by atoms with E-state index in [1.54, 1.807) is 0 Å². The van der Waals surface area contributed by atoms with Gasteiger partial charge in [-0.15, -0.1) is 0 Å². The number of hydrogen-bond donors (Lipinski definition) is 0. The first kappa shape index (κ1) is 105. The molecule has 0 heterocycles. The normalized spacial score (nSPS) is 8.78. The molecule has 0 saturated heterocycles. The first-order valence-electron chi connectivity index (χ1n) is 4.67. The van der Waals surface area contributed by atoms with Crippen LogP contribution in [-0.4, -0.2) is 376 Å². The maximum absolute atomic E-state index is 8.55. The van der Waals surface area contributed by atoms with Gasteiger partial charge in [0.15, 0.2) is 0 Å². The molecule has 0 spiro atoms. The predicted octanol–water partition coefficient (Wildman–Crippen LogP) is -20.9. The zero-order valence-corrected chi connectivity index (χ0v) is 47.4. The Morgan fingerprint density at radius 1 is 0.220 bits per heavy atom. The topological polar surface area (TPSA) is 535 Å². The quantitative estimate of drug-likeness (QED) is 0.161. The van der Waals surface area contributed by atoms with Crippen LogP contribution >= 0.6 is 46.9 Å². The summed E-state index contributed by atoms with van der Waals surface area (Å²) in [4.78, 5) is 154. The van der Waals surface area contributed by atoms with Crippen LogP contribution in [0.25, 0.3) is 0 Å². The summed E-state index contributed by atoms with van der Waals surface area (Å²) >= 11 is 0.125. The number of phosphoric acid groups is 6. The molecule has 0 aliphatic rings. The Balaban J connectivity index is -0.0000000124. The van der Waals surface area contributed by atoms with E-state index in [9.17, 15) is 0 Å². The second-order valence-corrected chi connectivity index (χ2v) is 8.05. The van der Waals surface area contributed by atoms with E-state index in [0.29, 0.717) is 0 Å². The van der Waals surface area contributed by atoms with Crippen molar-refractivity contribution in [2.24, 2.45) is 0 Å². The molecule has 0 N–H and O–H groups in total. The molecular formula is Ca10O25P6. The first-order chi connectivity index (χ1) is 13.0. The Labute approximate surface area is 524 Å². The van der Waals surface area contributed by atoms with E-state index in [1.807, 2.05) is 0 Å². The Kier molecular flexibility index (Phi) is 153. The summed E-state index contributed by atoms with van der Waals surface area (Å²) in [7, 11) is -32.3. The Morgan fingerprint density at radius 2 is 0.220 bits per heavy atom. The molecule has 0 amide bonds. The van der Waals surface area contributed by atoms with E-state index >= 15 is 0 Å². The molecule has 0 unspecified atom stereocenters. The molecule has 200 valence electrons. The van der Waals surface area contributed by atoms with E-state index in [-0.39, 0.29) is 376 Å². The maximum atomic E-state index is 8.55. The van der Waals surface area contributed by atoms with Crippen molar-refractivity contribution in [2.45, 2.75) is 0 Å². The van der Waals surface area contributed by atoms with Gasteiger partial charge in [0, 0.05) is 0 Å². The minimum atomic E-state index is -5.39. The van der Waals surface area contributed by atoms with Gasteiger partial charge < -0.3 is 115 Å². The summed E-state index contributed by atoms with van der Waals surface area (Å²) < 4.78 is 59.7. The molecule has 41 heavy (non-hydrogen) atoms. The second-order valence-electron chi connectivity index (χ2n) is 2.68. The van der Waals surface area contributed by atoms with Gasteiger partial charge >= 0.3 is 377 Å². The van der Waals surface area contributed by atoms with Crippen LogP contribution in [0.4, 0.5) is 0 Å². The fourth-order valence-corrected chi connectivity index (χ4v) is 0. The van der Waals surface area contributed by atoms with Crippen LogP contribution in [0.2, 0.25) is 0 Å². The average Bonchev–Trinajstić information content (AvgIpc) is 2.14. The van der Waals surface area contributed by atoms with Crippen molar-refractivity contribution in [1.82, 2.24) is 0 Å². The van der Waals surface area contributed by atoms with Crippen molar-refractivity contribution >= 4 is 422 Å². The van der Waals surface area contributed by atoms with Crippen LogP contribution in [-0.2, 0) is 28.8 Å². The molecule has 0 rings (SSSR count). The van der Waals surface area contributed by atoms with Gasteiger partial charge in [-0.25, -0.2) is 0 Å². The zero-order valence-electron chi connectivity index (χ0n) is 20.0. The third-order valence-corrected chi connectivity index (χ3v) is 0. The van der Waals surface area contributed by atoms with E-state index in [4.69, 9.17) is 117 Å². The minimum absolute atomic E-state index is 0. The molecule has 0 aromatic rings. The molecule has 25 nitrogen and oxygen atoms in total. The molecule has 0 saturated carbocycles. The van der Waals surface area contributed by atoms with Crippen molar-refractivity contribution in [3.05, 3.63) is 0 Å². The summed E-state index contributed by atoms with van der Waals surface area (Å²) in [5.41, 5.74) is 0. The summed E-state index contributed by atoms with van der Waals surface area (Å²) in [5.74, 6) is 0. The molecule has 0 aromatic carbocycles. The van der Waals surface area contributed by atoms with E-state index in [2.05, 4.69) is 0 Å². The van der Waals surface area contributed by atoms with Crippen molar-refractivity contribution in [1.29, 1.82) is 0 Å². The van der Waals surface area contributed by atoms with Gasteiger partial charge in [0.05, 0.1) is 0 Å². The van der Waals surface area contributed by atoms with Crippen molar-refractivity contribution in [3.8, 4) is 0 Å². The molecule has 0 bridgehead atoms. The standard InChI is InChI=1S/10Ca.6H3O4P.O/c;;;;;;;;;;6*1-5(2,3)4;/h;;;;;;;;;;6*(H3,1,2,3,4);/q;9*+2;;;;;;;/p-18. The van der Waals surface area contributed by atoms with Gasteiger partial charge in [-0.1, -0.05) is 0 Å². The average molecular weight is 987 g/mol. The summed E-state index contributed by atoms with van der Waals surface area (Å²) in [6.45, 7) is 0. The fraction of sp³-hybridized carbons (Fsp3) is 0. The summed E-state index contributed by atoms with van der Waals surface area (Å²) in [5, 5.41) is 0. The molecule has 0 fully saturated rings. The van der Waals surface area contributed by atoms with Crippen LogP contribution in [0.3, 0.4) is 0 Å². The first-order valence-corrected chi connectivity index (χ1v) is 14.3. The van der Waals surface area contributed by atoms with Gasteiger partial charge in [0.25, 0.3) is 0 Å². The van der Waals surface area contributed by atoms with Gasteiger partial charge in [-0.3, -0.25) is 0 Å². The molecular weight excluding hydrogens is 987 g/mol. The zero-order chi connectivity index (χ0) is 29.0. The van der Waals surface area contributed by atoms with E-state index in [1.165, 1.54) is 0 Å². The van der Waals surface area contributed by atoms with Gasteiger partial charge in [0.1, 0.15) is 0 Å². The Bertz CT molecular complexity index is 502. The molecule has 0 aliphatic carbocycles. The molecule has 0 aliphatic heterocycles. The van der Waals surface area contributed by atoms with Crippen LogP contribution in [0.15, 0.2) is 0 Å². The third-order valence-electron chi connectivity index (χ3n) is 0. The van der Waals surface area contributed by atoms with Gasteiger partial charge in [-0.05, 0) is 0 Å². The van der Waals surface area contributed by atoms with Crippen molar-refractivity contribution < 1.29 is 117 Å².